The van der Waals surface area contributed by atoms with Gasteiger partial charge >= 0.3 is 0 Å². The molecule has 0 atom stereocenters. The van der Waals surface area contributed by atoms with E-state index in [1.54, 1.807) is 43.5 Å². The summed E-state index contributed by atoms with van der Waals surface area (Å²) in [5.41, 5.74) is 1.99. The number of sulfone groups is 1. The minimum atomic E-state index is -3.57. The predicted molar refractivity (Wildman–Crippen MR) is 109 cm³/mol. The lowest BCUT2D eigenvalue weighted by Crippen LogP contribution is -2.36. The summed E-state index contributed by atoms with van der Waals surface area (Å²) in [4.78, 5) is 7.45. The Bertz CT molecular complexity index is 1060. The van der Waals surface area contributed by atoms with Gasteiger partial charge in [0.05, 0.1) is 21.4 Å². The van der Waals surface area contributed by atoms with Crippen LogP contribution in [0.3, 0.4) is 0 Å². The molecule has 0 saturated carbocycles. The van der Waals surface area contributed by atoms with Crippen molar-refractivity contribution in [2.45, 2.75) is 35.3 Å². The summed E-state index contributed by atoms with van der Waals surface area (Å²) >= 11 is 0. The van der Waals surface area contributed by atoms with Gasteiger partial charge in [0.1, 0.15) is 0 Å². The van der Waals surface area contributed by atoms with Crippen LogP contribution in [-0.4, -0.2) is 44.6 Å². The molecule has 0 radical (unpaired) electrons. The van der Waals surface area contributed by atoms with Crippen molar-refractivity contribution >= 4 is 20.7 Å². The molecule has 0 spiro atoms. The number of benzene rings is 2. The molecule has 4 rings (SSSR count). The standard InChI is InChI=1S/C22H24N2O3S/c1-27-19-10-12-24(13-11-19)16-18-7-5-6-17-14-21(15-23-22(17)18)28(25,26)20-8-3-2-4-9-20/h2-9,14-15,19H,10-13,16H2,1H3. The van der Waals surface area contributed by atoms with E-state index in [9.17, 15) is 8.42 Å². The number of pyridine rings is 1. The number of hydrogen-bond acceptors (Lipinski definition) is 5. The van der Waals surface area contributed by atoms with Crippen molar-refractivity contribution in [1.29, 1.82) is 0 Å². The van der Waals surface area contributed by atoms with Gasteiger partial charge in [-0.25, -0.2) is 8.42 Å². The number of piperidine rings is 1. The predicted octanol–water partition coefficient (Wildman–Crippen LogP) is 3.68. The molecule has 0 N–H and O–H groups in total. The van der Waals surface area contributed by atoms with Crippen molar-refractivity contribution in [3.8, 4) is 0 Å². The number of likely N-dealkylation sites (tertiary alicyclic amines) is 1. The van der Waals surface area contributed by atoms with E-state index >= 15 is 0 Å². The summed E-state index contributed by atoms with van der Waals surface area (Å²) in [6.07, 6.45) is 3.90. The Morgan fingerprint density at radius 1 is 1.04 bits per heavy atom. The van der Waals surface area contributed by atoms with Crippen LogP contribution in [0.25, 0.3) is 10.9 Å². The van der Waals surface area contributed by atoms with Gasteiger partial charge in [-0.1, -0.05) is 36.4 Å². The maximum Gasteiger partial charge on any atom is 0.208 e. The third-order valence-electron chi connectivity index (χ3n) is 5.40. The minimum Gasteiger partial charge on any atom is -0.381 e. The van der Waals surface area contributed by atoms with Gasteiger partial charge in [-0.3, -0.25) is 9.88 Å². The zero-order chi connectivity index (χ0) is 19.6. The third-order valence-corrected chi connectivity index (χ3v) is 7.13. The first-order valence-corrected chi connectivity index (χ1v) is 11.0. The van der Waals surface area contributed by atoms with Crippen LogP contribution in [0, 0.1) is 0 Å². The molecule has 1 aromatic heterocycles. The summed E-state index contributed by atoms with van der Waals surface area (Å²) < 4.78 is 31.2. The van der Waals surface area contributed by atoms with Gasteiger partial charge in [-0.15, -0.1) is 0 Å². The van der Waals surface area contributed by atoms with E-state index in [2.05, 4.69) is 16.0 Å². The van der Waals surface area contributed by atoms with Crippen molar-refractivity contribution in [3.63, 3.8) is 0 Å². The summed E-state index contributed by atoms with van der Waals surface area (Å²) in [6, 6.07) is 16.2. The van der Waals surface area contributed by atoms with Crippen LogP contribution in [-0.2, 0) is 21.1 Å². The first kappa shape index (κ1) is 19.1. The number of hydrogen-bond donors (Lipinski definition) is 0. The number of fused-ring (bicyclic) bond motifs is 1. The second kappa shape index (κ2) is 7.99. The zero-order valence-corrected chi connectivity index (χ0v) is 16.7. The molecule has 1 aliphatic heterocycles. The molecule has 0 unspecified atom stereocenters. The Morgan fingerprint density at radius 3 is 2.50 bits per heavy atom. The van der Waals surface area contributed by atoms with E-state index in [1.165, 1.54) is 6.20 Å². The van der Waals surface area contributed by atoms with Crippen molar-refractivity contribution in [2.75, 3.05) is 20.2 Å². The van der Waals surface area contributed by atoms with Crippen LogP contribution in [0.2, 0.25) is 0 Å². The molecule has 3 aromatic rings. The SMILES string of the molecule is COC1CCN(Cc2cccc3cc(S(=O)(=O)c4ccccc4)cnc23)CC1. The number of aromatic nitrogens is 1. The van der Waals surface area contributed by atoms with Gasteiger partial charge in [0.15, 0.2) is 0 Å². The quantitative estimate of drug-likeness (QED) is 0.658. The van der Waals surface area contributed by atoms with E-state index in [4.69, 9.17) is 4.74 Å². The van der Waals surface area contributed by atoms with E-state index in [1.807, 2.05) is 12.1 Å². The molecule has 146 valence electrons. The lowest BCUT2D eigenvalue weighted by atomic mass is 10.1. The Balaban J connectivity index is 1.62. The van der Waals surface area contributed by atoms with Gasteiger partial charge in [0.2, 0.25) is 9.84 Å². The Hall–Kier alpha value is -2.28. The molecular weight excluding hydrogens is 372 g/mol. The molecule has 6 heteroatoms. The van der Waals surface area contributed by atoms with Crippen molar-refractivity contribution in [3.05, 3.63) is 66.4 Å². The zero-order valence-electron chi connectivity index (χ0n) is 15.9. The monoisotopic (exact) mass is 396 g/mol. The molecule has 2 heterocycles. The third kappa shape index (κ3) is 3.81. The summed E-state index contributed by atoms with van der Waals surface area (Å²) in [5, 5.41) is 0.848. The first-order valence-electron chi connectivity index (χ1n) is 9.51. The highest BCUT2D eigenvalue weighted by Gasteiger charge is 2.21. The molecule has 0 bridgehead atoms. The Labute approximate surface area is 165 Å². The Morgan fingerprint density at radius 2 is 1.79 bits per heavy atom. The van der Waals surface area contributed by atoms with Crippen molar-refractivity contribution < 1.29 is 13.2 Å². The minimum absolute atomic E-state index is 0.226. The van der Waals surface area contributed by atoms with Gasteiger partial charge in [0, 0.05) is 38.3 Å². The fraction of sp³-hybridized carbons (Fsp3) is 0.318. The maximum atomic E-state index is 12.9. The lowest BCUT2D eigenvalue weighted by molar-refractivity contribution is 0.0390. The van der Waals surface area contributed by atoms with Crippen LogP contribution >= 0.6 is 0 Å². The maximum absolute atomic E-state index is 12.9. The second-order valence-electron chi connectivity index (χ2n) is 7.19. The van der Waals surface area contributed by atoms with E-state index in [0.717, 1.165) is 48.9 Å². The molecular formula is C22H24N2O3S. The van der Waals surface area contributed by atoms with Crippen molar-refractivity contribution in [1.82, 2.24) is 9.88 Å². The highest BCUT2D eigenvalue weighted by atomic mass is 32.2. The topological polar surface area (TPSA) is 59.5 Å². The highest BCUT2D eigenvalue weighted by molar-refractivity contribution is 7.91. The number of rotatable bonds is 5. The number of ether oxygens (including phenoxy) is 1. The molecule has 1 saturated heterocycles. The summed E-state index contributed by atoms with van der Waals surface area (Å²) in [5.74, 6) is 0. The van der Waals surface area contributed by atoms with Gasteiger partial charge in [-0.2, -0.15) is 0 Å². The van der Waals surface area contributed by atoms with Crippen LogP contribution < -0.4 is 0 Å². The molecule has 2 aromatic carbocycles. The van der Waals surface area contributed by atoms with Crippen LogP contribution in [0.4, 0.5) is 0 Å². The van der Waals surface area contributed by atoms with Gasteiger partial charge in [0.25, 0.3) is 0 Å². The van der Waals surface area contributed by atoms with Crippen LogP contribution in [0.15, 0.2) is 70.6 Å². The van der Waals surface area contributed by atoms with E-state index in [-0.39, 0.29) is 9.79 Å². The van der Waals surface area contributed by atoms with Gasteiger partial charge in [-0.05, 0) is 36.6 Å². The van der Waals surface area contributed by atoms with E-state index < -0.39 is 9.84 Å². The van der Waals surface area contributed by atoms with Crippen LogP contribution in [0.1, 0.15) is 18.4 Å². The largest absolute Gasteiger partial charge is 0.381 e. The van der Waals surface area contributed by atoms with Crippen molar-refractivity contribution in [2.24, 2.45) is 0 Å². The number of methoxy groups -OCH3 is 1. The number of para-hydroxylation sites is 1. The molecule has 1 fully saturated rings. The van der Waals surface area contributed by atoms with E-state index in [0.29, 0.717) is 6.10 Å². The number of nitrogens with zero attached hydrogens (tertiary/aromatic N) is 2. The Kier molecular flexibility index (Phi) is 5.44. The lowest BCUT2D eigenvalue weighted by Gasteiger charge is -2.31. The fourth-order valence-electron chi connectivity index (χ4n) is 3.76. The highest BCUT2D eigenvalue weighted by Crippen LogP contribution is 2.26. The smallest absolute Gasteiger partial charge is 0.208 e. The summed E-state index contributed by atoms with van der Waals surface area (Å²) in [7, 11) is -1.79. The van der Waals surface area contributed by atoms with Gasteiger partial charge < -0.3 is 4.74 Å². The molecule has 5 nitrogen and oxygen atoms in total. The summed E-state index contributed by atoms with van der Waals surface area (Å²) in [6.45, 7) is 2.80. The molecule has 0 amide bonds. The first-order chi connectivity index (χ1) is 13.6. The average Bonchev–Trinajstić information content (AvgIpc) is 2.75. The normalized spacial score (nSPS) is 16.5. The fourth-order valence-corrected chi connectivity index (χ4v) is 5.02. The molecule has 28 heavy (non-hydrogen) atoms. The molecule has 0 aliphatic carbocycles. The molecule has 1 aliphatic rings. The second-order valence-corrected chi connectivity index (χ2v) is 9.14. The average molecular weight is 397 g/mol. The van der Waals surface area contributed by atoms with Crippen LogP contribution in [0.5, 0.6) is 0 Å².